The quantitative estimate of drug-likeness (QED) is 0.406. The fourth-order valence-corrected chi connectivity index (χ4v) is 2.60. The van der Waals surface area contributed by atoms with Gasteiger partial charge in [0.15, 0.2) is 5.66 Å². The van der Waals surface area contributed by atoms with Gasteiger partial charge in [-0.15, -0.1) is 0 Å². The lowest BCUT2D eigenvalue weighted by Crippen LogP contribution is -2.52. The monoisotopic (exact) mass is 383 g/mol. The molecule has 0 saturated heterocycles. The van der Waals surface area contributed by atoms with Crippen LogP contribution in [-0.4, -0.2) is 41.7 Å². The summed E-state index contributed by atoms with van der Waals surface area (Å²) in [6.45, 7) is 11.6. The number of guanidine groups is 2. The Hall–Kier alpha value is -1.79. The average molecular weight is 384 g/mol. The lowest BCUT2D eigenvalue weighted by atomic mass is 10.1. The summed E-state index contributed by atoms with van der Waals surface area (Å²) >= 11 is 0. The number of nitrogens with one attached hydrogen (secondary N) is 3. The Morgan fingerprint density at radius 3 is 1.67 bits per heavy atom. The number of aliphatic carboxylic acids is 1. The summed E-state index contributed by atoms with van der Waals surface area (Å²) in [6.07, 6.45) is 11.5. The van der Waals surface area contributed by atoms with Crippen LogP contribution in [0.15, 0.2) is 9.98 Å². The average Bonchev–Trinajstić information content (AvgIpc) is 2.56. The van der Waals surface area contributed by atoms with Crippen molar-refractivity contribution in [2.45, 2.75) is 98.1 Å². The van der Waals surface area contributed by atoms with Crippen LogP contribution < -0.4 is 16.0 Å². The summed E-state index contributed by atoms with van der Waals surface area (Å²) in [5.41, 5.74) is -0.401. The van der Waals surface area contributed by atoms with Crippen molar-refractivity contribution in [2.75, 3.05) is 13.1 Å². The number of carbonyl (C=O) groups is 1. The normalized spacial score (nSPS) is 14.9. The van der Waals surface area contributed by atoms with Gasteiger partial charge in [0.25, 0.3) is 5.97 Å². The van der Waals surface area contributed by atoms with Crippen LogP contribution >= 0.6 is 0 Å². The molecule has 1 aliphatic heterocycles. The van der Waals surface area contributed by atoms with Gasteiger partial charge in [-0.05, 0) is 26.7 Å². The van der Waals surface area contributed by atoms with Crippen LogP contribution in [0.25, 0.3) is 0 Å². The molecule has 0 amide bonds. The van der Waals surface area contributed by atoms with E-state index in [0.717, 1.165) is 31.9 Å². The molecule has 27 heavy (non-hydrogen) atoms. The molecule has 0 aromatic carbocycles. The summed E-state index contributed by atoms with van der Waals surface area (Å²) in [6, 6.07) is 0. The maximum absolute atomic E-state index is 9.00. The van der Waals surface area contributed by atoms with Gasteiger partial charge in [0.1, 0.15) is 0 Å². The van der Waals surface area contributed by atoms with Crippen molar-refractivity contribution >= 4 is 17.9 Å². The van der Waals surface area contributed by atoms with Crippen LogP contribution in [-0.2, 0) is 4.79 Å². The number of hydrogen-bond donors (Lipinski definition) is 4. The highest BCUT2D eigenvalue weighted by atomic mass is 16.4. The topological polar surface area (TPSA) is 98.1 Å². The van der Waals surface area contributed by atoms with E-state index in [1.54, 1.807) is 0 Å². The van der Waals surface area contributed by atoms with Crippen molar-refractivity contribution < 1.29 is 9.90 Å². The van der Waals surface area contributed by atoms with Crippen LogP contribution in [0.2, 0.25) is 0 Å². The van der Waals surface area contributed by atoms with Gasteiger partial charge in [-0.2, -0.15) is 0 Å². The first-order chi connectivity index (χ1) is 12.8. The number of carboxylic acid groups (broad SMARTS) is 1. The van der Waals surface area contributed by atoms with Crippen molar-refractivity contribution in [1.29, 1.82) is 0 Å². The van der Waals surface area contributed by atoms with Gasteiger partial charge in [0.2, 0.25) is 11.9 Å². The van der Waals surface area contributed by atoms with E-state index in [2.05, 4.69) is 39.8 Å². The van der Waals surface area contributed by atoms with Crippen molar-refractivity contribution in [3.63, 3.8) is 0 Å². The van der Waals surface area contributed by atoms with Gasteiger partial charge in [0.05, 0.1) is 0 Å². The predicted octanol–water partition coefficient (Wildman–Crippen LogP) is 3.86. The zero-order valence-electron chi connectivity index (χ0n) is 18.0. The fourth-order valence-electron chi connectivity index (χ4n) is 2.60. The minimum absolute atomic E-state index is 0.401. The second kappa shape index (κ2) is 15.3. The number of rotatable bonds is 11. The van der Waals surface area contributed by atoms with Gasteiger partial charge < -0.3 is 15.7 Å². The molecule has 0 aromatic heterocycles. The highest BCUT2D eigenvalue weighted by Gasteiger charge is 2.22. The summed E-state index contributed by atoms with van der Waals surface area (Å²) in [4.78, 5) is 18.2. The molecule has 4 N–H and O–H groups in total. The van der Waals surface area contributed by atoms with Crippen molar-refractivity contribution in [1.82, 2.24) is 16.0 Å². The SMILES string of the molecule is CC(=O)O.CCCCCCCNC1=NC(C)(C)N=C(NCCCCCC)N1. The first-order valence-corrected chi connectivity index (χ1v) is 10.4. The first kappa shape index (κ1) is 25.2. The molecule has 0 unspecified atom stereocenters. The van der Waals surface area contributed by atoms with Crippen molar-refractivity contribution in [2.24, 2.45) is 9.98 Å². The van der Waals surface area contributed by atoms with Crippen LogP contribution in [0, 0.1) is 0 Å². The first-order valence-electron chi connectivity index (χ1n) is 10.4. The Kier molecular flexibility index (Phi) is 14.3. The van der Waals surface area contributed by atoms with E-state index in [1.807, 2.05) is 13.8 Å². The molecule has 0 aromatic rings. The smallest absolute Gasteiger partial charge is 0.300 e. The Morgan fingerprint density at radius 1 is 0.889 bits per heavy atom. The van der Waals surface area contributed by atoms with E-state index in [0.29, 0.717) is 0 Å². The van der Waals surface area contributed by atoms with E-state index in [4.69, 9.17) is 9.90 Å². The largest absolute Gasteiger partial charge is 0.481 e. The second-order valence-electron chi connectivity index (χ2n) is 7.39. The third-order valence-corrected chi connectivity index (χ3v) is 3.90. The Labute approximate surface area is 165 Å². The maximum Gasteiger partial charge on any atom is 0.300 e. The third-order valence-electron chi connectivity index (χ3n) is 3.90. The molecule has 0 radical (unpaired) electrons. The molecule has 1 heterocycles. The zero-order chi connectivity index (χ0) is 20.5. The Morgan fingerprint density at radius 2 is 1.26 bits per heavy atom. The molecule has 158 valence electrons. The number of unbranched alkanes of at least 4 members (excludes halogenated alkanes) is 7. The highest BCUT2D eigenvalue weighted by Crippen LogP contribution is 2.13. The summed E-state index contributed by atoms with van der Waals surface area (Å²) < 4.78 is 0. The van der Waals surface area contributed by atoms with Crippen molar-refractivity contribution in [3.05, 3.63) is 0 Å². The zero-order valence-corrected chi connectivity index (χ0v) is 18.0. The lowest BCUT2D eigenvalue weighted by Gasteiger charge is -2.26. The van der Waals surface area contributed by atoms with Gasteiger partial charge in [-0.3, -0.25) is 10.1 Å². The molecule has 0 bridgehead atoms. The Bertz CT molecular complexity index is 457. The molecular formula is C20H41N5O2. The molecule has 1 rings (SSSR count). The van der Waals surface area contributed by atoms with Crippen molar-refractivity contribution in [3.8, 4) is 0 Å². The van der Waals surface area contributed by atoms with E-state index < -0.39 is 11.6 Å². The highest BCUT2D eigenvalue weighted by molar-refractivity contribution is 6.00. The van der Waals surface area contributed by atoms with Crippen LogP contribution in [0.5, 0.6) is 0 Å². The minimum atomic E-state index is -0.833. The number of carboxylic acids is 1. The number of hydrogen-bond acceptors (Lipinski definition) is 6. The molecular weight excluding hydrogens is 342 g/mol. The summed E-state index contributed by atoms with van der Waals surface area (Å²) in [5.74, 6) is 0.853. The number of nitrogens with zero attached hydrogens (tertiary/aromatic N) is 2. The van der Waals surface area contributed by atoms with Crippen LogP contribution in [0.1, 0.15) is 92.4 Å². The standard InChI is InChI=1S/C18H37N5.C2H4O2/c1-5-7-9-11-13-15-20-17-21-16(22-18(3,4)23-17)19-14-12-10-8-6-2;1-2(3)4/h5-15H2,1-4H3,(H3,19,20,21,22,23);1H3,(H,3,4). The van der Waals surface area contributed by atoms with Gasteiger partial charge in [-0.1, -0.05) is 58.8 Å². The molecule has 1 aliphatic rings. The second-order valence-corrected chi connectivity index (χ2v) is 7.39. The third kappa shape index (κ3) is 16.1. The van der Waals surface area contributed by atoms with E-state index in [-0.39, 0.29) is 0 Å². The molecule has 0 aliphatic carbocycles. The predicted molar refractivity (Wildman–Crippen MR) is 114 cm³/mol. The maximum atomic E-state index is 9.00. The van der Waals surface area contributed by atoms with E-state index >= 15 is 0 Å². The molecule has 0 spiro atoms. The summed E-state index contributed by atoms with van der Waals surface area (Å²) in [7, 11) is 0. The van der Waals surface area contributed by atoms with Crippen LogP contribution in [0.4, 0.5) is 0 Å². The van der Waals surface area contributed by atoms with E-state index in [9.17, 15) is 0 Å². The molecule has 0 saturated carbocycles. The molecule has 0 fully saturated rings. The lowest BCUT2D eigenvalue weighted by molar-refractivity contribution is -0.134. The number of aliphatic imine (C=N–C) groups is 2. The van der Waals surface area contributed by atoms with Gasteiger partial charge >= 0.3 is 0 Å². The Balaban J connectivity index is 0.00000153. The summed E-state index contributed by atoms with van der Waals surface area (Å²) in [5, 5.41) is 17.5. The minimum Gasteiger partial charge on any atom is -0.481 e. The van der Waals surface area contributed by atoms with E-state index in [1.165, 1.54) is 57.8 Å². The van der Waals surface area contributed by atoms with Gasteiger partial charge in [-0.25, -0.2) is 9.98 Å². The molecule has 0 atom stereocenters. The fraction of sp³-hybridized carbons (Fsp3) is 0.850. The molecule has 7 nitrogen and oxygen atoms in total. The molecule has 7 heteroatoms. The van der Waals surface area contributed by atoms with Gasteiger partial charge in [0, 0.05) is 20.0 Å². The van der Waals surface area contributed by atoms with Crippen LogP contribution in [0.3, 0.4) is 0 Å².